The molecule has 0 spiro atoms. The first-order valence-electron chi connectivity index (χ1n) is 10.2. The molecule has 0 saturated carbocycles. The molecule has 4 nitrogen and oxygen atoms in total. The van der Waals surface area contributed by atoms with E-state index in [1.54, 1.807) is 19.2 Å². The predicted molar refractivity (Wildman–Crippen MR) is 115 cm³/mol. The zero-order valence-electron chi connectivity index (χ0n) is 17.3. The minimum atomic E-state index is -0.291. The van der Waals surface area contributed by atoms with Crippen molar-refractivity contribution in [3.63, 3.8) is 0 Å². The van der Waals surface area contributed by atoms with E-state index in [0.29, 0.717) is 0 Å². The van der Waals surface area contributed by atoms with Crippen LogP contribution >= 0.6 is 0 Å². The smallest absolute Gasteiger partial charge is 0.227 e. The van der Waals surface area contributed by atoms with Crippen molar-refractivity contribution < 1.29 is 13.9 Å². The molecule has 30 heavy (non-hydrogen) atoms. The molecule has 5 heteroatoms. The summed E-state index contributed by atoms with van der Waals surface area (Å²) in [6, 6.07) is 18.2. The van der Waals surface area contributed by atoms with Crippen LogP contribution in [0.25, 0.3) is 11.1 Å². The van der Waals surface area contributed by atoms with Crippen molar-refractivity contribution in [1.29, 1.82) is 0 Å². The van der Waals surface area contributed by atoms with Crippen LogP contribution in [0.3, 0.4) is 0 Å². The Morgan fingerprint density at radius 1 is 1.10 bits per heavy atom. The lowest BCUT2D eigenvalue weighted by Gasteiger charge is -2.25. The van der Waals surface area contributed by atoms with E-state index < -0.39 is 0 Å². The summed E-state index contributed by atoms with van der Waals surface area (Å²) in [7, 11) is 1.65. The Morgan fingerprint density at radius 3 is 2.53 bits per heavy atom. The van der Waals surface area contributed by atoms with Gasteiger partial charge in [-0.1, -0.05) is 24.3 Å². The number of ether oxygens (including phenoxy) is 1. The van der Waals surface area contributed by atoms with E-state index in [1.165, 1.54) is 12.1 Å². The number of nitrogens with zero attached hydrogens (tertiary/aromatic N) is 2. The summed E-state index contributed by atoms with van der Waals surface area (Å²) in [4.78, 5) is 19.7. The van der Waals surface area contributed by atoms with Gasteiger partial charge in [-0.2, -0.15) is 0 Å². The van der Waals surface area contributed by atoms with Gasteiger partial charge in [0.2, 0.25) is 5.91 Å². The van der Waals surface area contributed by atoms with Crippen molar-refractivity contribution >= 4 is 5.91 Å². The molecule has 0 bridgehead atoms. The van der Waals surface area contributed by atoms with E-state index in [-0.39, 0.29) is 24.2 Å². The number of aromatic nitrogens is 1. The lowest BCUT2D eigenvalue weighted by atomic mass is 10.0. The lowest BCUT2D eigenvalue weighted by molar-refractivity contribution is -0.131. The molecule has 2 heterocycles. The van der Waals surface area contributed by atoms with E-state index >= 15 is 0 Å². The quantitative estimate of drug-likeness (QED) is 0.593. The van der Waals surface area contributed by atoms with Gasteiger partial charge in [-0.25, -0.2) is 4.39 Å². The number of amides is 1. The second-order valence-corrected chi connectivity index (χ2v) is 7.70. The van der Waals surface area contributed by atoms with Crippen LogP contribution in [-0.4, -0.2) is 29.4 Å². The fourth-order valence-corrected chi connectivity index (χ4v) is 4.07. The van der Waals surface area contributed by atoms with E-state index in [2.05, 4.69) is 12.1 Å². The summed E-state index contributed by atoms with van der Waals surface area (Å²) in [5.41, 5.74) is 4.84. The molecule has 0 N–H and O–H groups in total. The Balaban J connectivity index is 1.58. The SMILES string of the molecule is COc1ccc(-c2cc(C)nc(C3CCCN3C(=O)Cc3ccc(F)cc3)c2)cc1. The monoisotopic (exact) mass is 404 g/mol. The third-order valence-electron chi connectivity index (χ3n) is 5.58. The maximum Gasteiger partial charge on any atom is 0.227 e. The second-order valence-electron chi connectivity index (χ2n) is 7.70. The first-order valence-corrected chi connectivity index (χ1v) is 10.2. The van der Waals surface area contributed by atoms with Gasteiger partial charge in [0.05, 0.1) is 25.3 Å². The van der Waals surface area contributed by atoms with Crippen molar-refractivity contribution in [2.45, 2.75) is 32.2 Å². The molecule has 0 radical (unpaired) electrons. The maximum atomic E-state index is 13.2. The zero-order chi connectivity index (χ0) is 21.1. The molecule has 1 fully saturated rings. The van der Waals surface area contributed by atoms with Gasteiger partial charge in [0.15, 0.2) is 0 Å². The number of likely N-dealkylation sites (tertiary alicyclic amines) is 1. The number of carbonyl (C=O) groups excluding carboxylic acids is 1. The maximum absolute atomic E-state index is 13.2. The van der Waals surface area contributed by atoms with Crippen molar-refractivity contribution in [3.8, 4) is 16.9 Å². The van der Waals surface area contributed by atoms with Crippen LogP contribution in [0.5, 0.6) is 5.75 Å². The second kappa shape index (κ2) is 8.66. The molecular formula is C25H25FN2O2. The fourth-order valence-electron chi connectivity index (χ4n) is 4.07. The molecule has 2 aromatic carbocycles. The molecule has 0 aliphatic carbocycles. The molecule has 1 aromatic heterocycles. The zero-order valence-corrected chi connectivity index (χ0v) is 17.3. The summed E-state index contributed by atoms with van der Waals surface area (Å²) in [5, 5.41) is 0. The van der Waals surface area contributed by atoms with Crippen molar-refractivity contribution in [3.05, 3.63) is 83.4 Å². The first kappa shape index (κ1) is 20.1. The van der Waals surface area contributed by atoms with Gasteiger partial charge in [0.25, 0.3) is 0 Å². The van der Waals surface area contributed by atoms with Gasteiger partial charge in [0, 0.05) is 12.2 Å². The Morgan fingerprint density at radius 2 is 1.83 bits per heavy atom. The third-order valence-corrected chi connectivity index (χ3v) is 5.58. The predicted octanol–water partition coefficient (Wildman–Crippen LogP) is 5.11. The molecule has 1 saturated heterocycles. The number of carbonyl (C=O) groups is 1. The number of benzene rings is 2. The average Bonchev–Trinajstić information content (AvgIpc) is 3.25. The number of halogens is 1. The first-order chi connectivity index (χ1) is 14.5. The van der Waals surface area contributed by atoms with E-state index in [0.717, 1.165) is 53.2 Å². The van der Waals surface area contributed by atoms with Crippen LogP contribution in [-0.2, 0) is 11.2 Å². The highest BCUT2D eigenvalue weighted by Gasteiger charge is 2.31. The highest BCUT2D eigenvalue weighted by Crippen LogP contribution is 2.34. The average molecular weight is 404 g/mol. The minimum absolute atomic E-state index is 0.0325. The van der Waals surface area contributed by atoms with E-state index in [1.807, 2.05) is 36.1 Å². The van der Waals surface area contributed by atoms with Gasteiger partial charge in [0.1, 0.15) is 11.6 Å². The molecular weight excluding hydrogens is 379 g/mol. The molecule has 1 unspecified atom stereocenters. The number of methoxy groups -OCH3 is 1. The molecule has 4 rings (SSSR count). The van der Waals surface area contributed by atoms with Crippen molar-refractivity contribution in [2.75, 3.05) is 13.7 Å². The normalized spacial score (nSPS) is 16.0. The standard InChI is InChI=1S/C25H25FN2O2/c1-17-14-20(19-7-11-22(30-2)12-8-19)16-23(27-17)24-4-3-13-28(24)25(29)15-18-5-9-21(26)10-6-18/h5-12,14,16,24H,3-4,13,15H2,1-2H3. The molecule has 1 aliphatic heterocycles. The topological polar surface area (TPSA) is 42.4 Å². The Hall–Kier alpha value is -3.21. The van der Waals surface area contributed by atoms with Crippen LogP contribution in [0.4, 0.5) is 4.39 Å². The van der Waals surface area contributed by atoms with Gasteiger partial charge in [-0.3, -0.25) is 9.78 Å². The highest BCUT2D eigenvalue weighted by molar-refractivity contribution is 5.79. The molecule has 1 aliphatic rings. The van der Waals surface area contributed by atoms with Crippen molar-refractivity contribution in [2.24, 2.45) is 0 Å². The van der Waals surface area contributed by atoms with Gasteiger partial charge in [-0.15, -0.1) is 0 Å². The Bertz CT molecular complexity index is 1030. The fraction of sp³-hybridized carbons (Fsp3) is 0.280. The van der Waals surface area contributed by atoms with Crippen LogP contribution in [0.15, 0.2) is 60.7 Å². The number of hydrogen-bond donors (Lipinski definition) is 0. The minimum Gasteiger partial charge on any atom is -0.497 e. The third kappa shape index (κ3) is 4.35. The number of hydrogen-bond acceptors (Lipinski definition) is 3. The molecule has 3 aromatic rings. The summed E-state index contributed by atoms with van der Waals surface area (Å²) in [5.74, 6) is 0.580. The van der Waals surface area contributed by atoms with Crippen LogP contribution in [0, 0.1) is 12.7 Å². The largest absolute Gasteiger partial charge is 0.497 e. The van der Waals surface area contributed by atoms with Crippen molar-refractivity contribution in [1.82, 2.24) is 9.88 Å². The highest BCUT2D eigenvalue weighted by atomic mass is 19.1. The van der Waals surface area contributed by atoms with E-state index in [9.17, 15) is 9.18 Å². The lowest BCUT2D eigenvalue weighted by Crippen LogP contribution is -2.32. The summed E-state index contributed by atoms with van der Waals surface area (Å²) in [6.07, 6.45) is 2.12. The molecule has 1 amide bonds. The molecule has 154 valence electrons. The summed E-state index contributed by atoms with van der Waals surface area (Å²) < 4.78 is 18.4. The van der Waals surface area contributed by atoms with Crippen LogP contribution in [0.2, 0.25) is 0 Å². The Labute approximate surface area is 176 Å². The number of rotatable bonds is 5. The Kier molecular flexibility index (Phi) is 5.79. The van der Waals surface area contributed by atoms with Gasteiger partial charge >= 0.3 is 0 Å². The van der Waals surface area contributed by atoms with Gasteiger partial charge in [-0.05, 0) is 72.9 Å². The summed E-state index contributed by atoms with van der Waals surface area (Å²) >= 11 is 0. The van der Waals surface area contributed by atoms with Crippen LogP contribution < -0.4 is 4.74 Å². The molecule has 1 atom stereocenters. The number of aryl methyl sites for hydroxylation is 1. The van der Waals surface area contributed by atoms with Gasteiger partial charge < -0.3 is 9.64 Å². The van der Waals surface area contributed by atoms with E-state index in [4.69, 9.17) is 9.72 Å². The van der Waals surface area contributed by atoms with Crippen LogP contribution in [0.1, 0.15) is 35.8 Å². The summed E-state index contributed by atoms with van der Waals surface area (Å²) in [6.45, 7) is 2.70. The number of pyridine rings is 1.